The Morgan fingerprint density at radius 3 is 2.53 bits per heavy atom. The smallest absolute Gasteiger partial charge is 0.315 e. The molecule has 0 saturated carbocycles. The molecule has 0 aromatic heterocycles. The number of urea groups is 1. The normalized spacial score (nSPS) is 16.7. The fraction of sp³-hybridized carbons (Fsp3) is 0.500. The molecule has 0 spiro atoms. The molecule has 2 aromatic rings. The maximum atomic E-state index is 12.6. The Morgan fingerprint density at radius 1 is 1.16 bits per heavy atom. The highest BCUT2D eigenvalue weighted by Crippen LogP contribution is 2.40. The van der Waals surface area contributed by atoms with Gasteiger partial charge in [-0.2, -0.15) is 0 Å². The largest absolute Gasteiger partial charge is 0.493 e. The fourth-order valence-corrected chi connectivity index (χ4v) is 4.55. The lowest BCUT2D eigenvalue weighted by molar-refractivity contribution is 0.135. The Kier molecular flexibility index (Phi) is 8.39. The minimum Gasteiger partial charge on any atom is -0.493 e. The zero-order valence-electron chi connectivity index (χ0n) is 20.0. The zero-order chi connectivity index (χ0) is 23.1. The molecule has 2 aromatic carbocycles. The SMILES string of the molecule is CCCNC(=O)N[C@@H](CC)[C@H]1c2cc(OC)c(OC)cc2CCN1Cc1ccccc1C. The number of methoxy groups -OCH3 is 2. The first-order valence-electron chi connectivity index (χ1n) is 11.6. The van der Waals surface area contributed by atoms with E-state index in [9.17, 15) is 4.79 Å². The number of hydrogen-bond acceptors (Lipinski definition) is 4. The van der Waals surface area contributed by atoms with Crippen molar-refractivity contribution < 1.29 is 14.3 Å². The van der Waals surface area contributed by atoms with E-state index in [0.29, 0.717) is 6.54 Å². The number of rotatable bonds is 9. The first-order valence-corrected chi connectivity index (χ1v) is 11.6. The Morgan fingerprint density at radius 2 is 1.88 bits per heavy atom. The molecule has 0 radical (unpaired) electrons. The number of carbonyl (C=O) groups is 1. The Hall–Kier alpha value is -2.73. The van der Waals surface area contributed by atoms with Crippen molar-refractivity contribution in [2.24, 2.45) is 0 Å². The van der Waals surface area contributed by atoms with Gasteiger partial charge in [-0.15, -0.1) is 0 Å². The number of ether oxygens (including phenoxy) is 2. The topological polar surface area (TPSA) is 62.8 Å². The number of fused-ring (bicyclic) bond motifs is 1. The van der Waals surface area contributed by atoms with E-state index in [-0.39, 0.29) is 18.1 Å². The highest BCUT2D eigenvalue weighted by molar-refractivity contribution is 5.74. The lowest BCUT2D eigenvalue weighted by Crippen LogP contribution is -2.51. The van der Waals surface area contributed by atoms with E-state index in [2.05, 4.69) is 72.7 Å². The summed E-state index contributed by atoms with van der Waals surface area (Å²) in [5.74, 6) is 1.47. The lowest BCUT2D eigenvalue weighted by atomic mass is 9.86. The van der Waals surface area contributed by atoms with Gasteiger partial charge >= 0.3 is 6.03 Å². The molecular formula is C26H37N3O3. The molecule has 1 heterocycles. The van der Waals surface area contributed by atoms with Crippen molar-refractivity contribution in [1.29, 1.82) is 0 Å². The fourth-order valence-electron chi connectivity index (χ4n) is 4.55. The van der Waals surface area contributed by atoms with Crippen LogP contribution in [-0.2, 0) is 13.0 Å². The molecule has 0 saturated heterocycles. The Balaban J connectivity index is 2.00. The van der Waals surface area contributed by atoms with Crippen molar-refractivity contribution in [3.63, 3.8) is 0 Å². The predicted molar refractivity (Wildman–Crippen MR) is 128 cm³/mol. The zero-order valence-corrected chi connectivity index (χ0v) is 20.0. The summed E-state index contributed by atoms with van der Waals surface area (Å²) in [5.41, 5.74) is 5.05. The maximum Gasteiger partial charge on any atom is 0.315 e. The number of carbonyl (C=O) groups excluding carboxylic acids is 1. The summed E-state index contributed by atoms with van der Waals surface area (Å²) in [6, 6.07) is 12.6. The molecule has 2 amide bonds. The van der Waals surface area contributed by atoms with Gasteiger partial charge in [0.15, 0.2) is 11.5 Å². The van der Waals surface area contributed by atoms with Crippen LogP contribution in [0.25, 0.3) is 0 Å². The van der Waals surface area contributed by atoms with Crippen molar-refractivity contribution in [2.45, 2.75) is 58.7 Å². The van der Waals surface area contributed by atoms with E-state index in [0.717, 1.165) is 43.9 Å². The van der Waals surface area contributed by atoms with Gasteiger partial charge in [0, 0.05) is 19.6 Å². The maximum absolute atomic E-state index is 12.6. The van der Waals surface area contributed by atoms with Crippen molar-refractivity contribution in [2.75, 3.05) is 27.3 Å². The van der Waals surface area contributed by atoms with Crippen molar-refractivity contribution in [1.82, 2.24) is 15.5 Å². The minimum absolute atomic E-state index is 0.0342. The number of amides is 2. The summed E-state index contributed by atoms with van der Waals surface area (Å²) in [6.45, 7) is 8.76. The summed E-state index contributed by atoms with van der Waals surface area (Å²) >= 11 is 0. The molecule has 6 nitrogen and oxygen atoms in total. The number of hydrogen-bond donors (Lipinski definition) is 2. The Labute approximate surface area is 192 Å². The second-order valence-corrected chi connectivity index (χ2v) is 8.41. The van der Waals surface area contributed by atoms with Crippen LogP contribution < -0.4 is 20.1 Å². The molecule has 0 fully saturated rings. The molecular weight excluding hydrogens is 402 g/mol. The van der Waals surface area contributed by atoms with Gasteiger partial charge in [0.25, 0.3) is 0 Å². The number of nitrogens with one attached hydrogen (secondary N) is 2. The van der Waals surface area contributed by atoms with Gasteiger partial charge in [-0.05, 0) is 60.6 Å². The average molecular weight is 440 g/mol. The van der Waals surface area contributed by atoms with Crippen LogP contribution in [0.5, 0.6) is 11.5 Å². The quantitative estimate of drug-likeness (QED) is 0.599. The molecule has 3 rings (SSSR count). The van der Waals surface area contributed by atoms with Gasteiger partial charge in [0.05, 0.1) is 26.3 Å². The molecule has 32 heavy (non-hydrogen) atoms. The van der Waals surface area contributed by atoms with Gasteiger partial charge in [-0.25, -0.2) is 4.79 Å². The number of nitrogens with zero attached hydrogens (tertiary/aromatic N) is 1. The number of benzene rings is 2. The van der Waals surface area contributed by atoms with Crippen molar-refractivity contribution in [3.05, 3.63) is 58.7 Å². The third-order valence-electron chi connectivity index (χ3n) is 6.33. The van der Waals surface area contributed by atoms with Gasteiger partial charge < -0.3 is 20.1 Å². The first kappa shape index (κ1) is 23.9. The van der Waals surface area contributed by atoms with Crippen LogP contribution in [0.15, 0.2) is 36.4 Å². The van der Waals surface area contributed by atoms with Crippen LogP contribution in [0.1, 0.15) is 55.0 Å². The molecule has 1 aliphatic rings. The summed E-state index contributed by atoms with van der Waals surface area (Å²) in [7, 11) is 3.34. The second-order valence-electron chi connectivity index (χ2n) is 8.41. The van der Waals surface area contributed by atoms with Crippen LogP contribution in [0.3, 0.4) is 0 Å². The van der Waals surface area contributed by atoms with Gasteiger partial charge in [0.2, 0.25) is 0 Å². The van der Waals surface area contributed by atoms with E-state index in [1.165, 1.54) is 22.3 Å². The molecule has 0 aliphatic carbocycles. The number of aryl methyl sites for hydroxylation is 1. The monoisotopic (exact) mass is 439 g/mol. The predicted octanol–water partition coefficient (Wildman–Crippen LogP) is 4.60. The van der Waals surface area contributed by atoms with Crippen LogP contribution >= 0.6 is 0 Å². The van der Waals surface area contributed by atoms with Crippen molar-refractivity contribution in [3.8, 4) is 11.5 Å². The van der Waals surface area contributed by atoms with Gasteiger partial charge in [-0.3, -0.25) is 4.90 Å². The standard InChI is InChI=1S/C26H37N3O3/c1-6-13-27-26(30)28-22(7-2)25-21-16-24(32-5)23(31-4)15-19(21)12-14-29(25)17-20-11-9-8-10-18(20)3/h8-11,15-16,22,25H,6-7,12-14,17H2,1-5H3,(H2,27,28,30)/t22-,25+/m0/s1. The van der Waals surface area contributed by atoms with E-state index in [4.69, 9.17) is 9.47 Å². The molecule has 174 valence electrons. The van der Waals surface area contributed by atoms with Crippen LogP contribution in [0.4, 0.5) is 4.79 Å². The summed E-state index contributed by atoms with van der Waals surface area (Å²) < 4.78 is 11.2. The molecule has 1 aliphatic heterocycles. The lowest BCUT2D eigenvalue weighted by Gasteiger charge is -2.42. The summed E-state index contributed by atoms with van der Waals surface area (Å²) in [4.78, 5) is 15.1. The summed E-state index contributed by atoms with van der Waals surface area (Å²) in [6.07, 6.45) is 2.66. The van der Waals surface area contributed by atoms with Gasteiger partial charge in [0.1, 0.15) is 0 Å². The second kappa shape index (κ2) is 11.2. The first-order chi connectivity index (χ1) is 15.5. The molecule has 0 unspecified atom stereocenters. The third-order valence-corrected chi connectivity index (χ3v) is 6.33. The van der Waals surface area contributed by atoms with Crippen LogP contribution in [0.2, 0.25) is 0 Å². The van der Waals surface area contributed by atoms with E-state index >= 15 is 0 Å². The minimum atomic E-state index is -0.109. The van der Waals surface area contributed by atoms with Gasteiger partial charge in [-0.1, -0.05) is 38.1 Å². The molecule has 2 N–H and O–H groups in total. The van der Waals surface area contributed by atoms with E-state index < -0.39 is 0 Å². The third kappa shape index (κ3) is 5.36. The molecule has 2 atom stereocenters. The molecule has 6 heteroatoms. The van der Waals surface area contributed by atoms with E-state index in [1.807, 2.05) is 0 Å². The molecule has 0 bridgehead atoms. The van der Waals surface area contributed by atoms with Crippen molar-refractivity contribution >= 4 is 6.03 Å². The van der Waals surface area contributed by atoms with E-state index in [1.54, 1.807) is 14.2 Å². The highest BCUT2D eigenvalue weighted by atomic mass is 16.5. The van der Waals surface area contributed by atoms with Crippen LogP contribution in [-0.4, -0.2) is 44.3 Å². The Bertz CT molecular complexity index is 915. The highest BCUT2D eigenvalue weighted by Gasteiger charge is 2.35. The van der Waals surface area contributed by atoms with Crippen LogP contribution in [0, 0.1) is 6.92 Å². The summed E-state index contributed by atoms with van der Waals surface area (Å²) in [5, 5.41) is 6.21. The average Bonchev–Trinajstić information content (AvgIpc) is 2.81.